The average molecular weight is 307 g/mol. The standard InChI is InChI=1S/C12H16ClFN2O2S/c13-11-6-9(3-4-12(11)14)8-19(17,18)16-10-2-1-5-15-7-10/h3-4,6,10,15-16H,1-2,5,7-8H2/t10-/m1/s1. The van der Waals surface area contributed by atoms with Gasteiger partial charge in [0.25, 0.3) is 0 Å². The van der Waals surface area contributed by atoms with E-state index < -0.39 is 15.8 Å². The summed E-state index contributed by atoms with van der Waals surface area (Å²) in [5.74, 6) is -0.740. The van der Waals surface area contributed by atoms with Crippen LogP contribution < -0.4 is 10.0 Å². The first-order valence-electron chi connectivity index (χ1n) is 6.11. The first-order chi connectivity index (χ1) is 8.96. The Hall–Kier alpha value is -0.690. The number of nitrogens with one attached hydrogen (secondary N) is 2. The van der Waals surface area contributed by atoms with Crippen LogP contribution in [-0.2, 0) is 15.8 Å². The molecule has 0 radical (unpaired) electrons. The van der Waals surface area contributed by atoms with E-state index in [1.165, 1.54) is 18.2 Å². The second kappa shape index (κ2) is 6.17. The molecule has 0 unspecified atom stereocenters. The van der Waals surface area contributed by atoms with E-state index in [0.29, 0.717) is 12.1 Å². The second-order valence-electron chi connectivity index (χ2n) is 4.67. The summed E-state index contributed by atoms with van der Waals surface area (Å²) in [5, 5.41) is 3.08. The highest BCUT2D eigenvalue weighted by Crippen LogP contribution is 2.17. The molecule has 1 aliphatic rings. The minimum absolute atomic E-state index is 0.0629. The molecule has 0 aliphatic carbocycles. The molecule has 0 aromatic heterocycles. The number of piperidine rings is 1. The van der Waals surface area contributed by atoms with Crippen LogP contribution in [0.1, 0.15) is 18.4 Å². The number of halogens is 2. The predicted molar refractivity (Wildman–Crippen MR) is 73.1 cm³/mol. The van der Waals surface area contributed by atoms with Gasteiger partial charge in [-0.3, -0.25) is 0 Å². The number of sulfonamides is 1. The molecule has 1 atom stereocenters. The van der Waals surface area contributed by atoms with E-state index >= 15 is 0 Å². The fraction of sp³-hybridized carbons (Fsp3) is 0.500. The predicted octanol–water partition coefficient (Wildman–Crippen LogP) is 1.65. The van der Waals surface area contributed by atoms with E-state index in [0.717, 1.165) is 19.4 Å². The SMILES string of the molecule is O=S(=O)(Cc1ccc(F)c(Cl)c1)N[C@@H]1CCCNC1. The lowest BCUT2D eigenvalue weighted by atomic mass is 10.1. The first kappa shape index (κ1) is 14.7. The number of hydrogen-bond donors (Lipinski definition) is 2. The zero-order chi connectivity index (χ0) is 13.9. The zero-order valence-corrected chi connectivity index (χ0v) is 11.9. The molecule has 1 aliphatic heterocycles. The lowest BCUT2D eigenvalue weighted by Gasteiger charge is -2.23. The highest BCUT2D eigenvalue weighted by Gasteiger charge is 2.20. The Labute approximate surface area is 117 Å². The van der Waals surface area contributed by atoms with Crippen LogP contribution in [0.2, 0.25) is 5.02 Å². The Morgan fingerprint density at radius 2 is 2.26 bits per heavy atom. The van der Waals surface area contributed by atoms with Crippen molar-refractivity contribution in [3.8, 4) is 0 Å². The van der Waals surface area contributed by atoms with Gasteiger partial charge >= 0.3 is 0 Å². The van der Waals surface area contributed by atoms with Gasteiger partial charge in [0.05, 0.1) is 10.8 Å². The third-order valence-electron chi connectivity index (χ3n) is 2.98. The maximum absolute atomic E-state index is 13.0. The molecule has 4 nitrogen and oxygen atoms in total. The number of benzene rings is 1. The summed E-state index contributed by atoms with van der Waals surface area (Å²) in [7, 11) is -3.43. The van der Waals surface area contributed by atoms with E-state index in [9.17, 15) is 12.8 Å². The molecule has 0 saturated carbocycles. The lowest BCUT2D eigenvalue weighted by Crippen LogP contribution is -2.45. The van der Waals surface area contributed by atoms with E-state index in [1.54, 1.807) is 0 Å². The third kappa shape index (κ3) is 4.42. The molecule has 0 spiro atoms. The van der Waals surface area contributed by atoms with E-state index in [2.05, 4.69) is 10.0 Å². The van der Waals surface area contributed by atoms with Gasteiger partial charge in [0, 0.05) is 12.6 Å². The maximum Gasteiger partial charge on any atom is 0.216 e. The number of hydrogen-bond acceptors (Lipinski definition) is 3. The van der Waals surface area contributed by atoms with Crippen LogP contribution in [0.15, 0.2) is 18.2 Å². The molecular formula is C12H16ClFN2O2S. The summed E-state index contributed by atoms with van der Waals surface area (Å²) < 4.78 is 39.6. The minimum atomic E-state index is -3.43. The number of rotatable bonds is 4. The second-order valence-corrected chi connectivity index (χ2v) is 6.83. The lowest BCUT2D eigenvalue weighted by molar-refractivity contribution is 0.428. The summed E-state index contributed by atoms with van der Waals surface area (Å²) >= 11 is 5.63. The molecule has 1 aromatic rings. The molecule has 1 aromatic carbocycles. The van der Waals surface area contributed by atoms with Crippen LogP contribution in [-0.4, -0.2) is 27.5 Å². The van der Waals surface area contributed by atoms with Crippen LogP contribution in [0.3, 0.4) is 0 Å². The molecule has 19 heavy (non-hydrogen) atoms. The molecule has 2 rings (SSSR count). The molecule has 0 bridgehead atoms. The van der Waals surface area contributed by atoms with Crippen molar-refractivity contribution in [2.24, 2.45) is 0 Å². The van der Waals surface area contributed by atoms with E-state index in [-0.39, 0.29) is 16.8 Å². The van der Waals surface area contributed by atoms with Crippen molar-refractivity contribution in [1.29, 1.82) is 0 Å². The monoisotopic (exact) mass is 306 g/mol. The van der Waals surface area contributed by atoms with Crippen molar-refractivity contribution in [2.75, 3.05) is 13.1 Å². The fourth-order valence-electron chi connectivity index (χ4n) is 2.10. The van der Waals surface area contributed by atoms with Crippen LogP contribution in [0.5, 0.6) is 0 Å². The largest absolute Gasteiger partial charge is 0.315 e. The van der Waals surface area contributed by atoms with Crippen molar-refractivity contribution >= 4 is 21.6 Å². The maximum atomic E-state index is 13.0. The Kier molecular flexibility index (Phi) is 4.78. The quantitative estimate of drug-likeness (QED) is 0.889. The van der Waals surface area contributed by atoms with E-state index in [4.69, 9.17) is 11.6 Å². The average Bonchev–Trinajstić information content (AvgIpc) is 2.34. The van der Waals surface area contributed by atoms with Gasteiger partial charge in [0.1, 0.15) is 5.82 Å². The van der Waals surface area contributed by atoms with Crippen LogP contribution >= 0.6 is 11.6 Å². The summed E-state index contributed by atoms with van der Waals surface area (Å²) in [5.41, 5.74) is 0.475. The van der Waals surface area contributed by atoms with Crippen molar-refractivity contribution < 1.29 is 12.8 Å². The van der Waals surface area contributed by atoms with Gasteiger partial charge in [-0.2, -0.15) is 0 Å². The Morgan fingerprint density at radius 1 is 1.47 bits per heavy atom. The molecule has 0 amide bonds. The molecule has 7 heteroatoms. The van der Waals surface area contributed by atoms with Crippen molar-refractivity contribution in [3.05, 3.63) is 34.6 Å². The van der Waals surface area contributed by atoms with Gasteiger partial charge in [-0.15, -0.1) is 0 Å². The molecule has 1 saturated heterocycles. The Morgan fingerprint density at radius 3 is 2.89 bits per heavy atom. The van der Waals surface area contributed by atoms with Crippen molar-refractivity contribution in [3.63, 3.8) is 0 Å². The Bertz CT molecular complexity index is 545. The summed E-state index contributed by atoms with van der Waals surface area (Å²) in [6.45, 7) is 1.56. The van der Waals surface area contributed by atoms with Gasteiger partial charge in [0.2, 0.25) is 10.0 Å². The molecule has 2 N–H and O–H groups in total. The van der Waals surface area contributed by atoms with Crippen molar-refractivity contribution in [1.82, 2.24) is 10.0 Å². The molecule has 1 heterocycles. The van der Waals surface area contributed by atoms with Gasteiger partial charge in [-0.25, -0.2) is 17.5 Å². The van der Waals surface area contributed by atoms with Gasteiger partial charge < -0.3 is 5.32 Å². The van der Waals surface area contributed by atoms with E-state index in [1.807, 2.05) is 0 Å². The van der Waals surface area contributed by atoms with Crippen LogP contribution in [0.4, 0.5) is 4.39 Å². The molecule has 106 valence electrons. The van der Waals surface area contributed by atoms with Gasteiger partial charge in [0.15, 0.2) is 0 Å². The highest BCUT2D eigenvalue weighted by molar-refractivity contribution is 7.88. The summed E-state index contributed by atoms with van der Waals surface area (Å²) in [4.78, 5) is 0. The topological polar surface area (TPSA) is 58.2 Å². The third-order valence-corrected chi connectivity index (χ3v) is 4.68. The van der Waals surface area contributed by atoms with Crippen LogP contribution in [0.25, 0.3) is 0 Å². The Balaban J connectivity index is 2.01. The fourth-order valence-corrected chi connectivity index (χ4v) is 3.71. The van der Waals surface area contributed by atoms with Crippen molar-refractivity contribution in [2.45, 2.75) is 24.6 Å². The van der Waals surface area contributed by atoms with Crippen LogP contribution in [0, 0.1) is 5.82 Å². The van der Waals surface area contributed by atoms with Gasteiger partial charge in [-0.1, -0.05) is 17.7 Å². The summed E-state index contributed by atoms with van der Waals surface area (Å²) in [6, 6.07) is 3.87. The molecular weight excluding hydrogens is 291 g/mol. The smallest absolute Gasteiger partial charge is 0.216 e. The normalized spacial score (nSPS) is 20.4. The minimum Gasteiger partial charge on any atom is -0.315 e. The molecule has 1 fully saturated rings. The first-order valence-corrected chi connectivity index (χ1v) is 8.14. The highest BCUT2D eigenvalue weighted by atomic mass is 35.5. The van der Waals surface area contributed by atoms with Gasteiger partial charge in [-0.05, 0) is 37.1 Å². The zero-order valence-electron chi connectivity index (χ0n) is 10.3. The summed E-state index contributed by atoms with van der Waals surface area (Å²) in [6.07, 6.45) is 1.78.